The van der Waals surface area contributed by atoms with Gasteiger partial charge in [-0.25, -0.2) is 4.79 Å². The molecule has 4 nitrogen and oxygen atoms in total. The van der Waals surface area contributed by atoms with E-state index >= 15 is 0 Å². The molecule has 15 heavy (non-hydrogen) atoms. The number of nitrogens with zero attached hydrogens (tertiary/aromatic N) is 2. The fraction of sp³-hybridized carbons (Fsp3) is 0.636. The van der Waals surface area contributed by atoms with Crippen molar-refractivity contribution < 1.29 is 9.90 Å². The van der Waals surface area contributed by atoms with Crippen LogP contribution in [0.1, 0.15) is 38.1 Å². The van der Waals surface area contributed by atoms with Crippen molar-refractivity contribution in [3.05, 3.63) is 17.5 Å². The second kappa shape index (κ2) is 4.04. The van der Waals surface area contributed by atoms with Crippen LogP contribution in [-0.2, 0) is 10.3 Å². The molecule has 1 unspecified atom stereocenters. The van der Waals surface area contributed by atoms with E-state index in [9.17, 15) is 9.90 Å². The highest BCUT2D eigenvalue weighted by Crippen LogP contribution is 2.24. The van der Waals surface area contributed by atoms with Crippen LogP contribution in [0.5, 0.6) is 0 Å². The van der Waals surface area contributed by atoms with Gasteiger partial charge in [-0.3, -0.25) is 4.68 Å². The van der Waals surface area contributed by atoms with E-state index in [1.165, 1.54) is 0 Å². The SMILES string of the molecule is CCCC(C)(C(=O)O)n1nc(C)cc1C. The van der Waals surface area contributed by atoms with Gasteiger partial charge in [-0.2, -0.15) is 5.10 Å². The van der Waals surface area contributed by atoms with Gasteiger partial charge in [0.1, 0.15) is 0 Å². The number of hydrogen-bond donors (Lipinski definition) is 1. The second-order valence-corrected chi connectivity index (χ2v) is 4.17. The first kappa shape index (κ1) is 11.8. The third-order valence-electron chi connectivity index (χ3n) is 2.67. The minimum atomic E-state index is -0.924. The maximum atomic E-state index is 11.3. The molecule has 1 N–H and O–H groups in total. The average Bonchev–Trinajstić information content (AvgIpc) is 2.45. The highest BCUT2D eigenvalue weighted by atomic mass is 16.4. The topological polar surface area (TPSA) is 55.1 Å². The number of rotatable bonds is 4. The van der Waals surface area contributed by atoms with E-state index in [-0.39, 0.29) is 0 Å². The first-order valence-electron chi connectivity index (χ1n) is 5.19. The van der Waals surface area contributed by atoms with Gasteiger partial charge in [0.15, 0.2) is 5.54 Å². The molecule has 4 heteroatoms. The fourth-order valence-corrected chi connectivity index (χ4v) is 1.92. The molecule has 0 saturated heterocycles. The Balaban J connectivity index is 3.20. The highest BCUT2D eigenvalue weighted by Gasteiger charge is 2.36. The van der Waals surface area contributed by atoms with Crippen LogP contribution in [0.15, 0.2) is 6.07 Å². The number of aryl methyl sites for hydroxylation is 2. The molecular weight excluding hydrogens is 192 g/mol. The van der Waals surface area contributed by atoms with Gasteiger partial charge in [0.25, 0.3) is 0 Å². The van der Waals surface area contributed by atoms with E-state index < -0.39 is 11.5 Å². The smallest absolute Gasteiger partial charge is 0.331 e. The molecule has 0 aliphatic rings. The van der Waals surface area contributed by atoms with E-state index in [0.29, 0.717) is 6.42 Å². The molecule has 1 rings (SSSR count). The quantitative estimate of drug-likeness (QED) is 0.828. The zero-order valence-corrected chi connectivity index (χ0v) is 9.74. The molecule has 0 bridgehead atoms. The van der Waals surface area contributed by atoms with Crippen LogP contribution in [-0.4, -0.2) is 20.9 Å². The Morgan fingerprint density at radius 1 is 1.60 bits per heavy atom. The molecule has 0 aliphatic heterocycles. The first-order valence-corrected chi connectivity index (χ1v) is 5.19. The summed E-state index contributed by atoms with van der Waals surface area (Å²) >= 11 is 0. The van der Waals surface area contributed by atoms with E-state index in [4.69, 9.17) is 0 Å². The Hall–Kier alpha value is -1.32. The summed E-state index contributed by atoms with van der Waals surface area (Å²) in [6.07, 6.45) is 1.41. The molecule has 0 radical (unpaired) electrons. The Kier molecular flexibility index (Phi) is 3.17. The predicted octanol–water partition coefficient (Wildman–Crippen LogP) is 2.10. The van der Waals surface area contributed by atoms with Gasteiger partial charge < -0.3 is 5.11 Å². The molecule has 1 heterocycles. The van der Waals surface area contributed by atoms with Gasteiger partial charge in [-0.15, -0.1) is 0 Å². The number of aromatic nitrogens is 2. The van der Waals surface area contributed by atoms with Crippen LogP contribution in [0.2, 0.25) is 0 Å². The predicted molar refractivity (Wildman–Crippen MR) is 57.9 cm³/mol. The van der Waals surface area contributed by atoms with Gasteiger partial charge in [-0.1, -0.05) is 13.3 Å². The normalized spacial score (nSPS) is 14.9. The van der Waals surface area contributed by atoms with Crippen LogP contribution in [0.4, 0.5) is 0 Å². The second-order valence-electron chi connectivity index (χ2n) is 4.17. The van der Waals surface area contributed by atoms with Crippen molar-refractivity contribution in [3.8, 4) is 0 Å². The zero-order chi connectivity index (χ0) is 11.6. The number of carbonyl (C=O) groups is 1. The number of carboxylic acids is 1. The molecule has 1 aromatic heterocycles. The van der Waals surface area contributed by atoms with Gasteiger partial charge >= 0.3 is 5.97 Å². The van der Waals surface area contributed by atoms with Crippen molar-refractivity contribution in [2.45, 2.75) is 46.1 Å². The van der Waals surface area contributed by atoms with E-state index in [2.05, 4.69) is 5.10 Å². The lowest BCUT2D eigenvalue weighted by molar-refractivity contribution is -0.147. The lowest BCUT2D eigenvalue weighted by Crippen LogP contribution is -2.40. The van der Waals surface area contributed by atoms with Crippen LogP contribution in [0.3, 0.4) is 0 Å². The van der Waals surface area contributed by atoms with E-state index in [1.807, 2.05) is 26.8 Å². The lowest BCUT2D eigenvalue weighted by Gasteiger charge is -2.26. The van der Waals surface area contributed by atoms with Crippen molar-refractivity contribution in [3.63, 3.8) is 0 Å². The first-order chi connectivity index (χ1) is 6.91. The maximum absolute atomic E-state index is 11.3. The molecule has 0 spiro atoms. The molecule has 1 atom stereocenters. The molecule has 84 valence electrons. The van der Waals surface area contributed by atoms with Crippen LogP contribution < -0.4 is 0 Å². The molecule has 1 aromatic rings. The van der Waals surface area contributed by atoms with Gasteiger partial charge in [0.2, 0.25) is 0 Å². The molecular formula is C11H18N2O2. The highest BCUT2D eigenvalue weighted by molar-refractivity contribution is 5.76. The molecule has 0 amide bonds. The van der Waals surface area contributed by atoms with Gasteiger partial charge in [0.05, 0.1) is 5.69 Å². The number of carboxylic acid groups (broad SMARTS) is 1. The van der Waals surface area contributed by atoms with Crippen molar-refractivity contribution >= 4 is 5.97 Å². The Bertz CT molecular complexity index is 371. The summed E-state index contributed by atoms with van der Waals surface area (Å²) in [5.74, 6) is -0.824. The molecule has 0 aromatic carbocycles. The Labute approximate surface area is 89.9 Å². The zero-order valence-electron chi connectivity index (χ0n) is 9.74. The van der Waals surface area contributed by atoms with E-state index in [0.717, 1.165) is 17.8 Å². The standard InChI is InChI=1S/C11H18N2O2/c1-5-6-11(4,10(14)15)13-9(3)7-8(2)12-13/h7H,5-6H2,1-4H3,(H,14,15). The molecule has 0 saturated carbocycles. The van der Waals surface area contributed by atoms with Gasteiger partial charge in [-0.05, 0) is 33.3 Å². The summed E-state index contributed by atoms with van der Waals surface area (Å²) in [4.78, 5) is 11.3. The van der Waals surface area contributed by atoms with Crippen molar-refractivity contribution in [1.29, 1.82) is 0 Å². The number of aliphatic carboxylic acids is 1. The van der Waals surface area contributed by atoms with Crippen molar-refractivity contribution in [2.75, 3.05) is 0 Å². The van der Waals surface area contributed by atoms with Crippen molar-refractivity contribution in [2.24, 2.45) is 0 Å². The number of hydrogen-bond acceptors (Lipinski definition) is 2. The molecule has 0 fully saturated rings. The lowest BCUT2D eigenvalue weighted by atomic mass is 9.96. The summed E-state index contributed by atoms with van der Waals surface area (Å²) in [5, 5.41) is 13.5. The van der Waals surface area contributed by atoms with Crippen LogP contribution in [0, 0.1) is 13.8 Å². The Morgan fingerprint density at radius 2 is 2.20 bits per heavy atom. The average molecular weight is 210 g/mol. The molecule has 0 aliphatic carbocycles. The van der Waals surface area contributed by atoms with Crippen molar-refractivity contribution in [1.82, 2.24) is 9.78 Å². The monoisotopic (exact) mass is 210 g/mol. The third-order valence-corrected chi connectivity index (χ3v) is 2.67. The fourth-order valence-electron chi connectivity index (χ4n) is 1.92. The summed E-state index contributed by atoms with van der Waals surface area (Å²) in [6.45, 7) is 7.46. The van der Waals surface area contributed by atoms with E-state index in [1.54, 1.807) is 11.6 Å². The summed E-state index contributed by atoms with van der Waals surface area (Å²) in [5.41, 5.74) is 0.828. The summed E-state index contributed by atoms with van der Waals surface area (Å²) < 4.78 is 1.62. The van der Waals surface area contributed by atoms with Gasteiger partial charge in [0, 0.05) is 5.69 Å². The van der Waals surface area contributed by atoms with Crippen LogP contribution in [0.25, 0.3) is 0 Å². The van der Waals surface area contributed by atoms with Crippen LogP contribution >= 0.6 is 0 Å². The minimum absolute atomic E-state index is 0.588. The minimum Gasteiger partial charge on any atom is -0.479 e. The maximum Gasteiger partial charge on any atom is 0.331 e. The Morgan fingerprint density at radius 3 is 2.53 bits per heavy atom. The summed E-state index contributed by atoms with van der Waals surface area (Å²) in [6, 6.07) is 1.90. The summed E-state index contributed by atoms with van der Waals surface area (Å²) in [7, 11) is 0. The third kappa shape index (κ3) is 2.03. The largest absolute Gasteiger partial charge is 0.479 e.